The molecule has 4 nitrogen and oxygen atoms in total. The van der Waals surface area contributed by atoms with Crippen molar-refractivity contribution in [1.29, 1.82) is 0 Å². The highest BCUT2D eigenvalue weighted by Crippen LogP contribution is 2.20. The van der Waals surface area contributed by atoms with E-state index in [1.165, 1.54) is 11.1 Å². The van der Waals surface area contributed by atoms with Gasteiger partial charge in [-0.1, -0.05) is 29.9 Å². The van der Waals surface area contributed by atoms with E-state index in [-0.39, 0.29) is 0 Å². The van der Waals surface area contributed by atoms with E-state index in [0.717, 1.165) is 25.5 Å². The normalized spacial score (nSPS) is 13.6. The molecule has 0 radical (unpaired) electrons. The Hall–Kier alpha value is -1.93. The van der Waals surface area contributed by atoms with E-state index in [1.807, 2.05) is 0 Å². The van der Waals surface area contributed by atoms with Gasteiger partial charge in [0.15, 0.2) is 0 Å². The molecule has 0 aromatic heterocycles. The average Bonchev–Trinajstić information content (AvgIpc) is 2.38. The van der Waals surface area contributed by atoms with Crippen molar-refractivity contribution in [2.24, 2.45) is 0 Å². The Kier molecular flexibility index (Phi) is 8.98. The number of nitrogens with zero attached hydrogens (tertiary/aromatic N) is 2. The second-order valence-electron chi connectivity index (χ2n) is 5.59. The number of ether oxygens (including phenoxy) is 1. The third kappa shape index (κ3) is 9.58. The van der Waals surface area contributed by atoms with Gasteiger partial charge in [-0.05, 0) is 59.5 Å². The minimum absolute atomic E-state index is 0.640. The van der Waals surface area contributed by atoms with Crippen molar-refractivity contribution in [1.82, 2.24) is 0 Å². The van der Waals surface area contributed by atoms with Crippen molar-refractivity contribution in [3.05, 3.63) is 41.5 Å². The molecule has 0 amide bonds. The van der Waals surface area contributed by atoms with E-state index in [9.17, 15) is 4.79 Å². The smallest absolute Gasteiger partial charge is 0.414 e. The molecular weight excluding hydrogens is 264 g/mol. The van der Waals surface area contributed by atoms with Gasteiger partial charge in [-0.3, -0.25) is 0 Å². The molecule has 1 atom stereocenters. The van der Waals surface area contributed by atoms with Crippen LogP contribution in [0.3, 0.4) is 0 Å². The first-order chi connectivity index (χ1) is 9.83. The fourth-order valence-electron chi connectivity index (χ4n) is 1.79. The molecule has 1 unspecified atom stereocenters. The van der Waals surface area contributed by atoms with Crippen LogP contribution in [-0.2, 0) is 9.53 Å². The van der Waals surface area contributed by atoms with Crippen molar-refractivity contribution in [3.8, 4) is 0 Å². The lowest BCUT2D eigenvalue weighted by Gasteiger charge is -2.23. The summed E-state index contributed by atoms with van der Waals surface area (Å²) in [5.74, 6) is -0.677. The Morgan fingerprint density at radius 1 is 1.29 bits per heavy atom. The molecule has 0 fully saturated rings. The summed E-state index contributed by atoms with van der Waals surface area (Å²) in [6, 6.07) is 0. The van der Waals surface area contributed by atoms with E-state index in [1.54, 1.807) is 13.0 Å². The fraction of sp³-hybridized carbons (Fsp3) is 0.529. The molecule has 0 bridgehead atoms. The van der Waals surface area contributed by atoms with Crippen LogP contribution in [0.4, 0.5) is 0 Å². The first kappa shape index (κ1) is 19.1. The minimum atomic E-state index is -0.755. The second kappa shape index (κ2) is 9.89. The van der Waals surface area contributed by atoms with Gasteiger partial charge in [0.1, 0.15) is 5.60 Å². The molecule has 0 aromatic carbocycles. The molecule has 0 saturated carbocycles. The minimum Gasteiger partial charge on any atom is -0.447 e. The third-order valence-electron chi connectivity index (χ3n) is 3.15. The largest absolute Gasteiger partial charge is 0.447 e. The van der Waals surface area contributed by atoms with Gasteiger partial charge in [-0.2, -0.15) is 4.79 Å². The zero-order chi connectivity index (χ0) is 16.3. The molecule has 0 aliphatic carbocycles. The first-order valence-corrected chi connectivity index (χ1v) is 7.16. The highest BCUT2D eigenvalue weighted by atomic mass is 16.6. The van der Waals surface area contributed by atoms with Gasteiger partial charge < -0.3 is 10.3 Å². The van der Waals surface area contributed by atoms with Gasteiger partial charge in [0.25, 0.3) is 0 Å². The van der Waals surface area contributed by atoms with Crippen LogP contribution in [-0.4, -0.2) is 22.6 Å². The molecule has 4 heteroatoms. The molecule has 0 saturated heterocycles. The summed E-state index contributed by atoms with van der Waals surface area (Å²) >= 11 is 0. The lowest BCUT2D eigenvalue weighted by molar-refractivity contribution is -0.148. The molecule has 0 heterocycles. The van der Waals surface area contributed by atoms with E-state index < -0.39 is 11.6 Å². The van der Waals surface area contributed by atoms with Crippen LogP contribution in [0.25, 0.3) is 5.53 Å². The van der Waals surface area contributed by atoms with Crippen molar-refractivity contribution in [2.75, 3.05) is 0 Å². The molecule has 0 N–H and O–H groups in total. The summed E-state index contributed by atoms with van der Waals surface area (Å²) in [6.07, 6.45) is 10.2. The summed E-state index contributed by atoms with van der Waals surface area (Å²) in [4.78, 5) is 14.0. The predicted octanol–water partition coefficient (Wildman–Crippen LogP) is 4.25. The number of hydrogen-bond acceptors (Lipinski definition) is 2. The number of rotatable bonds is 9. The highest BCUT2D eigenvalue weighted by Gasteiger charge is 2.25. The maximum Gasteiger partial charge on any atom is 0.414 e. The Labute approximate surface area is 127 Å². The van der Waals surface area contributed by atoms with E-state index in [4.69, 9.17) is 10.3 Å². The van der Waals surface area contributed by atoms with Crippen LogP contribution in [0.1, 0.15) is 53.4 Å². The quantitative estimate of drug-likeness (QED) is 0.209. The van der Waals surface area contributed by atoms with Crippen molar-refractivity contribution in [2.45, 2.75) is 59.0 Å². The Morgan fingerprint density at radius 2 is 1.95 bits per heavy atom. The van der Waals surface area contributed by atoms with Gasteiger partial charge in [-0.15, -0.1) is 0 Å². The van der Waals surface area contributed by atoms with Crippen molar-refractivity contribution < 1.29 is 14.3 Å². The standard InChI is InChI=1S/C17H26N2O2/c1-6-17(5,21-16(20)13-19-18)12-8-11-15(4)10-7-9-14(2)3/h6,9,11,13H,1,7-8,10,12H2,2-5H3/b15-11-. The fourth-order valence-corrected chi connectivity index (χ4v) is 1.79. The summed E-state index contributed by atoms with van der Waals surface area (Å²) in [7, 11) is 0. The summed E-state index contributed by atoms with van der Waals surface area (Å²) < 4.78 is 5.22. The maximum absolute atomic E-state index is 11.3. The summed E-state index contributed by atoms with van der Waals surface area (Å²) in [5, 5.41) is 0. The average molecular weight is 290 g/mol. The van der Waals surface area contributed by atoms with Gasteiger partial charge in [-0.25, -0.2) is 4.79 Å². The number of allylic oxidation sites excluding steroid dienone is 4. The van der Waals surface area contributed by atoms with Crippen molar-refractivity contribution in [3.63, 3.8) is 0 Å². The number of hydrogen-bond donors (Lipinski definition) is 0. The van der Waals surface area contributed by atoms with Crippen LogP contribution in [0.2, 0.25) is 0 Å². The Balaban J connectivity index is 4.38. The highest BCUT2D eigenvalue weighted by molar-refractivity contribution is 6.20. The van der Waals surface area contributed by atoms with E-state index in [2.05, 4.69) is 44.3 Å². The number of carbonyl (C=O) groups excluding carboxylic acids is 1. The zero-order valence-electron chi connectivity index (χ0n) is 13.6. The van der Waals surface area contributed by atoms with Gasteiger partial charge >= 0.3 is 12.2 Å². The van der Waals surface area contributed by atoms with Gasteiger partial charge in [0.05, 0.1) is 0 Å². The van der Waals surface area contributed by atoms with Crippen LogP contribution in [0.15, 0.2) is 36.0 Å². The molecular formula is C17H26N2O2. The molecule has 0 aliphatic heterocycles. The molecule has 0 aliphatic rings. The topological polar surface area (TPSA) is 62.7 Å². The van der Waals surface area contributed by atoms with Crippen LogP contribution >= 0.6 is 0 Å². The van der Waals surface area contributed by atoms with Crippen LogP contribution in [0, 0.1) is 0 Å². The Morgan fingerprint density at radius 3 is 2.48 bits per heavy atom. The monoisotopic (exact) mass is 290 g/mol. The SMILES string of the molecule is C=CC(C)(CC/C=C(/C)CCC=C(C)C)OC(=O)C=[N+]=[N-]. The predicted molar refractivity (Wildman–Crippen MR) is 86.0 cm³/mol. The zero-order valence-corrected chi connectivity index (χ0v) is 13.6. The third-order valence-corrected chi connectivity index (χ3v) is 3.15. The van der Waals surface area contributed by atoms with Crippen LogP contribution < -0.4 is 0 Å². The van der Waals surface area contributed by atoms with Crippen LogP contribution in [0.5, 0.6) is 0 Å². The van der Waals surface area contributed by atoms with E-state index in [0.29, 0.717) is 6.42 Å². The lowest BCUT2D eigenvalue weighted by atomic mass is 9.98. The molecule has 116 valence electrons. The van der Waals surface area contributed by atoms with Crippen molar-refractivity contribution >= 4 is 12.2 Å². The molecule has 21 heavy (non-hydrogen) atoms. The first-order valence-electron chi connectivity index (χ1n) is 7.16. The molecule has 0 aromatic rings. The number of esters is 1. The van der Waals surface area contributed by atoms with E-state index >= 15 is 0 Å². The van der Waals surface area contributed by atoms with Gasteiger partial charge in [0, 0.05) is 0 Å². The molecule has 0 rings (SSSR count). The Bertz CT molecular complexity index is 467. The maximum atomic E-state index is 11.3. The summed E-state index contributed by atoms with van der Waals surface area (Å²) in [6.45, 7) is 11.8. The van der Waals surface area contributed by atoms with Gasteiger partial charge in [0.2, 0.25) is 0 Å². The lowest BCUT2D eigenvalue weighted by Crippen LogP contribution is -2.29. The second-order valence-corrected chi connectivity index (χ2v) is 5.59. The number of carbonyl (C=O) groups is 1. The molecule has 0 spiro atoms. The summed E-state index contributed by atoms with van der Waals surface area (Å²) in [5.41, 5.74) is 10.2.